The standard InChI is InChI=1S/C15H11F2NO2.C8H8FNO.C6H4FNO2/c1-9(19)12-6-10(2-4-13(12)17)7-15(20)14-5-3-11(16)8-18-14;1-5(11)7-4-6(10)2-3-8(7)9;7-4-1-2-5(6(9)10)8-3-4/h2-6,8H,7H2,1H3;2-4H,10H2,1H3;1-3H,(H,9,10). The Morgan fingerprint density at radius 2 is 1.20 bits per heavy atom. The number of anilines is 1. The number of carbonyl (C=O) groups is 4. The minimum atomic E-state index is -1.15. The maximum Gasteiger partial charge on any atom is 0.354 e. The first-order valence-corrected chi connectivity index (χ1v) is 11.6. The normalized spacial score (nSPS) is 9.90. The van der Waals surface area contributed by atoms with Crippen LogP contribution in [0.5, 0.6) is 0 Å². The van der Waals surface area contributed by atoms with Crippen LogP contribution in [-0.2, 0) is 6.42 Å². The number of carboxylic acids is 1. The molecule has 0 amide bonds. The molecule has 0 fully saturated rings. The summed E-state index contributed by atoms with van der Waals surface area (Å²) in [5.74, 6) is -4.40. The molecule has 0 aliphatic rings. The van der Waals surface area contributed by atoms with Crippen molar-refractivity contribution in [2.75, 3.05) is 5.73 Å². The molecule has 4 aromatic rings. The lowest BCUT2D eigenvalue weighted by Gasteiger charge is -2.04. The molecule has 3 N–H and O–H groups in total. The first-order chi connectivity index (χ1) is 19.3. The Bertz CT molecular complexity index is 1560. The van der Waals surface area contributed by atoms with Gasteiger partial charge in [-0.3, -0.25) is 19.4 Å². The number of carbonyl (C=O) groups excluding carboxylic acids is 3. The summed E-state index contributed by atoms with van der Waals surface area (Å²) in [6.07, 6.45) is 1.79. The van der Waals surface area contributed by atoms with Crippen LogP contribution in [0.2, 0.25) is 0 Å². The fraction of sp³-hybridized carbons (Fsp3) is 0.103. The fourth-order valence-electron chi connectivity index (χ4n) is 3.08. The number of carboxylic acid groups (broad SMARTS) is 1. The monoisotopic (exact) mass is 569 g/mol. The highest BCUT2D eigenvalue weighted by Crippen LogP contribution is 2.14. The predicted molar refractivity (Wildman–Crippen MR) is 141 cm³/mol. The van der Waals surface area contributed by atoms with Gasteiger partial charge in [0.1, 0.15) is 34.7 Å². The molecule has 0 bridgehead atoms. The van der Waals surface area contributed by atoms with E-state index in [0.29, 0.717) is 11.3 Å². The third-order valence-electron chi connectivity index (χ3n) is 5.10. The molecule has 4 rings (SSSR count). The van der Waals surface area contributed by atoms with Gasteiger partial charge in [0.2, 0.25) is 0 Å². The van der Waals surface area contributed by atoms with Crippen LogP contribution in [0.1, 0.15) is 61.1 Å². The van der Waals surface area contributed by atoms with E-state index in [9.17, 15) is 36.7 Å². The quantitative estimate of drug-likeness (QED) is 0.176. The zero-order valence-corrected chi connectivity index (χ0v) is 21.7. The van der Waals surface area contributed by atoms with Crippen LogP contribution < -0.4 is 5.73 Å². The maximum absolute atomic E-state index is 13.4. The van der Waals surface area contributed by atoms with E-state index in [1.165, 1.54) is 50.2 Å². The van der Waals surface area contributed by atoms with Crippen LogP contribution in [0.25, 0.3) is 0 Å². The number of halogens is 4. The molecule has 0 spiro atoms. The summed E-state index contributed by atoms with van der Waals surface area (Å²) in [6.45, 7) is 2.56. The molecule has 0 atom stereocenters. The molecule has 212 valence electrons. The number of hydrogen-bond acceptors (Lipinski definition) is 7. The number of aromatic nitrogens is 2. The van der Waals surface area contributed by atoms with Gasteiger partial charge in [0.25, 0.3) is 0 Å². The third-order valence-corrected chi connectivity index (χ3v) is 5.10. The van der Waals surface area contributed by atoms with Gasteiger partial charge in [-0.2, -0.15) is 0 Å². The van der Waals surface area contributed by atoms with Crippen LogP contribution in [0.15, 0.2) is 73.1 Å². The van der Waals surface area contributed by atoms with Crippen LogP contribution >= 0.6 is 0 Å². The van der Waals surface area contributed by atoms with Crippen molar-refractivity contribution in [2.45, 2.75) is 20.3 Å². The number of pyridine rings is 2. The van der Waals surface area contributed by atoms with E-state index in [-0.39, 0.29) is 40.5 Å². The van der Waals surface area contributed by atoms with E-state index in [0.717, 1.165) is 36.7 Å². The van der Waals surface area contributed by atoms with Crippen molar-refractivity contribution < 1.29 is 41.8 Å². The third kappa shape index (κ3) is 10.1. The first kappa shape index (κ1) is 32.0. The summed E-state index contributed by atoms with van der Waals surface area (Å²) in [7, 11) is 0. The maximum atomic E-state index is 13.4. The van der Waals surface area contributed by atoms with Gasteiger partial charge in [-0.05, 0) is 74.0 Å². The summed E-state index contributed by atoms with van der Waals surface area (Å²) in [5.41, 5.74) is 6.22. The zero-order valence-electron chi connectivity index (χ0n) is 21.7. The molecule has 12 heteroatoms. The molecule has 2 heterocycles. The molecule has 8 nitrogen and oxygen atoms in total. The van der Waals surface area contributed by atoms with Crippen LogP contribution in [0, 0.1) is 23.3 Å². The van der Waals surface area contributed by atoms with Gasteiger partial charge in [-0.1, -0.05) is 6.07 Å². The Morgan fingerprint density at radius 1 is 0.707 bits per heavy atom. The predicted octanol–water partition coefficient (Wildman–Crippen LogP) is 5.52. The number of nitrogens with two attached hydrogens (primary N) is 1. The zero-order chi connectivity index (χ0) is 30.7. The largest absolute Gasteiger partial charge is 0.477 e. The molecule has 0 aliphatic heterocycles. The highest BCUT2D eigenvalue weighted by atomic mass is 19.1. The molecular weight excluding hydrogens is 546 g/mol. The molecule has 0 unspecified atom stereocenters. The van der Waals surface area contributed by atoms with E-state index < -0.39 is 35.0 Å². The molecule has 2 aromatic carbocycles. The highest BCUT2D eigenvalue weighted by Gasteiger charge is 2.13. The lowest BCUT2D eigenvalue weighted by Crippen LogP contribution is -2.07. The van der Waals surface area contributed by atoms with Crippen molar-refractivity contribution in [3.05, 3.63) is 124 Å². The Balaban J connectivity index is 0.000000236. The number of hydrogen-bond donors (Lipinski definition) is 2. The average molecular weight is 570 g/mol. The molecular formula is C29H23F4N3O5. The number of aromatic carboxylic acids is 1. The van der Waals surface area contributed by atoms with E-state index >= 15 is 0 Å². The molecule has 41 heavy (non-hydrogen) atoms. The summed E-state index contributed by atoms with van der Waals surface area (Å²) in [6, 6.07) is 12.5. The van der Waals surface area contributed by atoms with Gasteiger partial charge in [0.15, 0.2) is 17.3 Å². The molecule has 2 aromatic heterocycles. The minimum Gasteiger partial charge on any atom is -0.477 e. The van der Waals surface area contributed by atoms with E-state index in [4.69, 9.17) is 10.8 Å². The smallest absolute Gasteiger partial charge is 0.354 e. The van der Waals surface area contributed by atoms with Crippen LogP contribution in [0.4, 0.5) is 23.2 Å². The highest BCUT2D eigenvalue weighted by molar-refractivity contribution is 5.97. The van der Waals surface area contributed by atoms with Crippen molar-refractivity contribution >= 4 is 29.0 Å². The topological polar surface area (TPSA) is 140 Å². The lowest BCUT2D eigenvalue weighted by molar-refractivity contribution is 0.0689. The fourth-order valence-corrected chi connectivity index (χ4v) is 3.08. The number of rotatable bonds is 6. The van der Waals surface area contributed by atoms with Gasteiger partial charge in [0, 0.05) is 12.1 Å². The second-order valence-corrected chi connectivity index (χ2v) is 8.29. The van der Waals surface area contributed by atoms with Crippen molar-refractivity contribution in [1.82, 2.24) is 9.97 Å². The molecule has 0 aliphatic carbocycles. The van der Waals surface area contributed by atoms with Gasteiger partial charge >= 0.3 is 5.97 Å². The first-order valence-electron chi connectivity index (χ1n) is 11.6. The number of benzene rings is 2. The average Bonchev–Trinajstić information content (AvgIpc) is 2.92. The minimum absolute atomic E-state index is 0.0286. The summed E-state index contributed by atoms with van der Waals surface area (Å²) in [5, 5.41) is 8.29. The molecule has 0 saturated carbocycles. The molecule has 0 saturated heterocycles. The van der Waals surface area contributed by atoms with Gasteiger partial charge < -0.3 is 10.8 Å². The van der Waals surface area contributed by atoms with Crippen molar-refractivity contribution in [3.8, 4) is 0 Å². The summed E-state index contributed by atoms with van der Waals surface area (Å²) < 4.78 is 50.9. The van der Waals surface area contributed by atoms with Crippen LogP contribution in [0.3, 0.4) is 0 Å². The van der Waals surface area contributed by atoms with Crippen LogP contribution in [-0.4, -0.2) is 38.4 Å². The second-order valence-electron chi connectivity index (χ2n) is 8.29. The molecule has 0 radical (unpaired) electrons. The Labute approximate surface area is 231 Å². The van der Waals surface area contributed by atoms with E-state index in [2.05, 4.69) is 9.97 Å². The Kier molecular flexibility index (Phi) is 11.5. The number of ketones is 3. The second kappa shape index (κ2) is 14.8. The van der Waals surface area contributed by atoms with Crippen molar-refractivity contribution in [1.29, 1.82) is 0 Å². The van der Waals surface area contributed by atoms with E-state index in [1.807, 2.05) is 0 Å². The summed E-state index contributed by atoms with van der Waals surface area (Å²) >= 11 is 0. The van der Waals surface area contributed by atoms with Gasteiger partial charge in [-0.15, -0.1) is 0 Å². The van der Waals surface area contributed by atoms with Crippen molar-refractivity contribution in [3.63, 3.8) is 0 Å². The van der Waals surface area contributed by atoms with Gasteiger partial charge in [0.05, 0.1) is 23.5 Å². The van der Waals surface area contributed by atoms with Crippen molar-refractivity contribution in [2.24, 2.45) is 0 Å². The Hall–Kier alpha value is -5.26. The SMILES string of the molecule is CC(=O)c1cc(CC(=O)c2ccc(F)cn2)ccc1F.CC(=O)c1cc(N)ccc1F.O=C(O)c1ccc(F)cn1. The number of Topliss-reactive ketones (excluding diaryl/α,β-unsaturated/α-hetero) is 3. The summed E-state index contributed by atoms with van der Waals surface area (Å²) in [4.78, 5) is 51.0. The van der Waals surface area contributed by atoms with Gasteiger partial charge in [-0.25, -0.2) is 27.3 Å². The Morgan fingerprint density at radius 3 is 1.63 bits per heavy atom. The number of nitrogens with zero attached hydrogens (tertiary/aromatic N) is 2. The number of nitrogen functional groups attached to an aromatic ring is 1. The lowest BCUT2D eigenvalue weighted by atomic mass is 10.0. The van der Waals surface area contributed by atoms with E-state index in [1.54, 1.807) is 0 Å².